The molecule has 3 nitrogen and oxygen atoms in total. The molecule has 1 rings (SSSR count). The van der Waals surface area contributed by atoms with Crippen LogP contribution >= 0.6 is 0 Å². The van der Waals surface area contributed by atoms with Crippen LogP contribution in [0.25, 0.3) is 0 Å². The van der Waals surface area contributed by atoms with E-state index in [1.807, 2.05) is 0 Å². The molecule has 1 aliphatic rings. The molecule has 3 heteroatoms. The fraction of sp³-hybridized carbons (Fsp3) is 1.00. The third kappa shape index (κ3) is 4.04. The summed E-state index contributed by atoms with van der Waals surface area (Å²) in [5.41, 5.74) is 2.93. The number of ether oxygens (including phenoxy) is 1. The summed E-state index contributed by atoms with van der Waals surface area (Å²) in [6.07, 6.45) is 2.73. The van der Waals surface area contributed by atoms with Crippen molar-refractivity contribution in [2.24, 2.45) is 5.92 Å². The molecule has 12 heavy (non-hydrogen) atoms. The maximum absolute atomic E-state index is 5.42. The van der Waals surface area contributed by atoms with Crippen molar-refractivity contribution in [1.82, 2.24) is 5.48 Å². The lowest BCUT2D eigenvalue weighted by Gasteiger charge is -2.11. The van der Waals surface area contributed by atoms with Gasteiger partial charge in [-0.05, 0) is 18.8 Å². The van der Waals surface area contributed by atoms with Gasteiger partial charge < -0.3 is 9.57 Å². The van der Waals surface area contributed by atoms with E-state index in [1.54, 1.807) is 0 Å². The molecule has 0 bridgehead atoms. The van der Waals surface area contributed by atoms with E-state index in [1.165, 1.54) is 6.42 Å². The van der Waals surface area contributed by atoms with Crippen molar-refractivity contribution in [1.29, 1.82) is 0 Å². The topological polar surface area (TPSA) is 30.5 Å². The van der Waals surface area contributed by atoms with E-state index in [-0.39, 0.29) is 0 Å². The highest BCUT2D eigenvalue weighted by Gasteiger charge is 2.14. The Morgan fingerprint density at radius 1 is 1.58 bits per heavy atom. The van der Waals surface area contributed by atoms with Crippen LogP contribution in [0, 0.1) is 5.92 Å². The molecule has 1 fully saturated rings. The van der Waals surface area contributed by atoms with Crippen LogP contribution < -0.4 is 5.48 Å². The SMILES string of the molecule is CC(C)CONCC1CCCO1. The van der Waals surface area contributed by atoms with Gasteiger partial charge in [0.15, 0.2) is 0 Å². The molecule has 0 amide bonds. The largest absolute Gasteiger partial charge is 0.377 e. The van der Waals surface area contributed by atoms with Crippen molar-refractivity contribution in [2.45, 2.75) is 32.8 Å². The smallest absolute Gasteiger partial charge is 0.0723 e. The molecule has 0 aliphatic carbocycles. The first-order valence-electron chi connectivity index (χ1n) is 4.75. The maximum Gasteiger partial charge on any atom is 0.0723 e. The molecule has 1 atom stereocenters. The summed E-state index contributed by atoms with van der Waals surface area (Å²) in [7, 11) is 0. The van der Waals surface area contributed by atoms with E-state index in [9.17, 15) is 0 Å². The molecule has 0 aromatic rings. The number of hydrogen-bond acceptors (Lipinski definition) is 3. The van der Waals surface area contributed by atoms with E-state index in [0.29, 0.717) is 12.0 Å². The first kappa shape index (κ1) is 9.96. The maximum atomic E-state index is 5.42. The van der Waals surface area contributed by atoms with Gasteiger partial charge in [-0.25, -0.2) is 0 Å². The highest BCUT2D eigenvalue weighted by atomic mass is 16.6. The molecular formula is C9H19NO2. The molecule has 1 aliphatic heterocycles. The predicted octanol–water partition coefficient (Wildman–Crippen LogP) is 1.34. The summed E-state index contributed by atoms with van der Waals surface area (Å²) in [6, 6.07) is 0. The monoisotopic (exact) mass is 173 g/mol. The van der Waals surface area contributed by atoms with Gasteiger partial charge in [-0.1, -0.05) is 13.8 Å². The van der Waals surface area contributed by atoms with Gasteiger partial charge in [-0.3, -0.25) is 0 Å². The van der Waals surface area contributed by atoms with Gasteiger partial charge in [0.2, 0.25) is 0 Å². The normalized spacial score (nSPS) is 23.8. The number of hydroxylamine groups is 1. The van der Waals surface area contributed by atoms with Gasteiger partial charge in [0, 0.05) is 13.2 Å². The van der Waals surface area contributed by atoms with Crippen LogP contribution in [-0.4, -0.2) is 25.9 Å². The average molecular weight is 173 g/mol. The van der Waals surface area contributed by atoms with Crippen LogP contribution in [0.1, 0.15) is 26.7 Å². The summed E-state index contributed by atoms with van der Waals surface area (Å²) in [5, 5.41) is 0. The fourth-order valence-corrected chi connectivity index (χ4v) is 1.18. The molecule has 0 saturated carbocycles. The zero-order chi connectivity index (χ0) is 8.81. The predicted molar refractivity (Wildman–Crippen MR) is 47.8 cm³/mol. The second-order valence-corrected chi connectivity index (χ2v) is 3.69. The first-order chi connectivity index (χ1) is 5.79. The molecule has 0 aromatic carbocycles. The molecule has 1 heterocycles. The summed E-state index contributed by atoms with van der Waals surface area (Å²) in [4.78, 5) is 5.23. The van der Waals surface area contributed by atoms with Gasteiger partial charge in [-0.15, -0.1) is 0 Å². The molecule has 1 unspecified atom stereocenters. The van der Waals surface area contributed by atoms with Crippen LogP contribution in [0.2, 0.25) is 0 Å². The van der Waals surface area contributed by atoms with E-state index in [0.717, 1.165) is 26.2 Å². The summed E-state index contributed by atoms with van der Waals surface area (Å²) >= 11 is 0. The lowest BCUT2D eigenvalue weighted by atomic mass is 10.2. The Morgan fingerprint density at radius 2 is 2.42 bits per heavy atom. The second kappa shape index (κ2) is 5.51. The Balaban J connectivity index is 1.88. The highest BCUT2D eigenvalue weighted by molar-refractivity contribution is 4.64. The van der Waals surface area contributed by atoms with Crippen LogP contribution in [0.5, 0.6) is 0 Å². The first-order valence-corrected chi connectivity index (χ1v) is 4.75. The fourth-order valence-electron chi connectivity index (χ4n) is 1.18. The quantitative estimate of drug-likeness (QED) is 0.503. The molecule has 0 radical (unpaired) electrons. The summed E-state index contributed by atoms with van der Waals surface area (Å²) in [5.74, 6) is 0.585. The van der Waals surface area contributed by atoms with Crippen molar-refractivity contribution < 1.29 is 9.57 Å². The zero-order valence-electron chi connectivity index (χ0n) is 8.01. The van der Waals surface area contributed by atoms with Gasteiger partial charge in [0.05, 0.1) is 12.7 Å². The van der Waals surface area contributed by atoms with Gasteiger partial charge >= 0.3 is 0 Å². The molecular weight excluding hydrogens is 154 g/mol. The van der Waals surface area contributed by atoms with Crippen molar-refractivity contribution in [3.05, 3.63) is 0 Å². The summed E-state index contributed by atoms with van der Waals surface area (Å²) < 4.78 is 5.42. The zero-order valence-corrected chi connectivity index (χ0v) is 8.01. The van der Waals surface area contributed by atoms with E-state index < -0.39 is 0 Å². The van der Waals surface area contributed by atoms with Gasteiger partial charge in [0.25, 0.3) is 0 Å². The van der Waals surface area contributed by atoms with Gasteiger partial charge in [-0.2, -0.15) is 5.48 Å². The lowest BCUT2D eigenvalue weighted by molar-refractivity contribution is -0.00539. The Morgan fingerprint density at radius 3 is 3.00 bits per heavy atom. The van der Waals surface area contributed by atoms with E-state index >= 15 is 0 Å². The van der Waals surface area contributed by atoms with Crippen LogP contribution in [0.4, 0.5) is 0 Å². The second-order valence-electron chi connectivity index (χ2n) is 3.69. The molecule has 1 saturated heterocycles. The number of hydrogen-bond donors (Lipinski definition) is 1. The minimum atomic E-state index is 0.372. The Bertz CT molecular complexity index is 111. The van der Waals surface area contributed by atoms with Crippen molar-refractivity contribution in [2.75, 3.05) is 19.8 Å². The van der Waals surface area contributed by atoms with Crippen molar-refractivity contribution in [3.8, 4) is 0 Å². The molecule has 1 N–H and O–H groups in total. The minimum absolute atomic E-state index is 0.372. The minimum Gasteiger partial charge on any atom is -0.377 e. The van der Waals surface area contributed by atoms with E-state index in [2.05, 4.69) is 19.3 Å². The molecule has 0 spiro atoms. The Labute approximate surface area is 74.4 Å². The van der Waals surface area contributed by atoms with Crippen molar-refractivity contribution in [3.63, 3.8) is 0 Å². The number of rotatable bonds is 5. The standard InChI is InChI=1S/C9H19NO2/c1-8(2)7-12-10-6-9-4-3-5-11-9/h8-10H,3-7H2,1-2H3. The molecule has 0 aromatic heterocycles. The van der Waals surface area contributed by atoms with Crippen LogP contribution in [0.3, 0.4) is 0 Å². The summed E-state index contributed by atoms with van der Waals surface area (Å²) in [6.45, 7) is 6.78. The Hall–Kier alpha value is -0.120. The van der Waals surface area contributed by atoms with Crippen LogP contribution in [0.15, 0.2) is 0 Å². The highest BCUT2D eigenvalue weighted by Crippen LogP contribution is 2.10. The third-order valence-corrected chi connectivity index (χ3v) is 1.85. The van der Waals surface area contributed by atoms with Crippen LogP contribution in [-0.2, 0) is 9.57 Å². The van der Waals surface area contributed by atoms with E-state index in [4.69, 9.17) is 9.57 Å². The lowest BCUT2D eigenvalue weighted by Crippen LogP contribution is -2.27. The van der Waals surface area contributed by atoms with Crippen molar-refractivity contribution >= 4 is 0 Å². The average Bonchev–Trinajstić information content (AvgIpc) is 2.49. The van der Waals surface area contributed by atoms with Gasteiger partial charge in [0.1, 0.15) is 0 Å². The molecule has 72 valence electrons. The Kier molecular flexibility index (Phi) is 4.58. The third-order valence-electron chi connectivity index (χ3n) is 1.85. The number of nitrogens with one attached hydrogen (secondary N) is 1.